The van der Waals surface area contributed by atoms with E-state index in [9.17, 15) is 8.42 Å². The van der Waals surface area contributed by atoms with Crippen molar-refractivity contribution in [3.05, 3.63) is 47.4 Å². The first-order valence-corrected chi connectivity index (χ1v) is 9.09. The highest BCUT2D eigenvalue weighted by molar-refractivity contribution is 7.89. The van der Waals surface area contributed by atoms with Crippen molar-refractivity contribution in [2.45, 2.75) is 45.1 Å². The first kappa shape index (κ1) is 17.6. The van der Waals surface area contributed by atoms with E-state index in [0.29, 0.717) is 13.0 Å². The number of hydrogen-bond donors (Lipinski definition) is 1. The van der Waals surface area contributed by atoms with Crippen molar-refractivity contribution >= 4 is 10.0 Å². The second kappa shape index (κ2) is 7.19. The van der Waals surface area contributed by atoms with Gasteiger partial charge in [-0.15, -0.1) is 0 Å². The van der Waals surface area contributed by atoms with E-state index >= 15 is 0 Å². The van der Waals surface area contributed by atoms with E-state index < -0.39 is 10.0 Å². The fourth-order valence-electron chi connectivity index (χ4n) is 2.57. The van der Waals surface area contributed by atoms with Gasteiger partial charge < -0.3 is 9.15 Å². The molecule has 0 saturated heterocycles. The molecule has 0 amide bonds. The van der Waals surface area contributed by atoms with Crippen molar-refractivity contribution in [3.63, 3.8) is 0 Å². The molecule has 1 aromatic carbocycles. The summed E-state index contributed by atoms with van der Waals surface area (Å²) in [6.07, 6.45) is 3.77. The minimum atomic E-state index is -3.58. The third kappa shape index (κ3) is 4.36. The van der Waals surface area contributed by atoms with Crippen molar-refractivity contribution in [1.29, 1.82) is 0 Å². The van der Waals surface area contributed by atoms with Crippen LogP contribution in [-0.4, -0.2) is 21.1 Å². The molecule has 0 radical (unpaired) electrons. The summed E-state index contributed by atoms with van der Waals surface area (Å²) in [5, 5.41) is 0. The van der Waals surface area contributed by atoms with Crippen LogP contribution in [0.25, 0.3) is 0 Å². The summed E-state index contributed by atoms with van der Waals surface area (Å²) in [6.45, 7) is 7.99. The van der Waals surface area contributed by atoms with Gasteiger partial charge in [-0.05, 0) is 69.0 Å². The summed E-state index contributed by atoms with van der Waals surface area (Å²) >= 11 is 0. The molecule has 0 fully saturated rings. The summed E-state index contributed by atoms with van der Waals surface area (Å²) < 4.78 is 38.4. The number of sulfonamides is 1. The van der Waals surface area contributed by atoms with Crippen LogP contribution in [0.5, 0.6) is 5.75 Å². The zero-order chi connectivity index (χ0) is 17.0. The molecule has 1 N–H and O–H groups in total. The molecular formula is C17H23NO4S. The largest absolute Gasteiger partial charge is 0.493 e. The Balaban J connectivity index is 2.19. The summed E-state index contributed by atoms with van der Waals surface area (Å²) in [6, 6.07) is 4.89. The van der Waals surface area contributed by atoms with Gasteiger partial charge >= 0.3 is 0 Å². The monoisotopic (exact) mass is 337 g/mol. The number of nitrogens with one attached hydrogen (secondary N) is 1. The number of benzene rings is 1. The molecule has 1 heterocycles. The number of hydrogen-bond acceptors (Lipinski definition) is 4. The van der Waals surface area contributed by atoms with Crippen molar-refractivity contribution < 1.29 is 17.6 Å². The molecule has 5 nitrogen and oxygen atoms in total. The van der Waals surface area contributed by atoms with Gasteiger partial charge in [0.15, 0.2) is 0 Å². The van der Waals surface area contributed by atoms with Crippen LogP contribution < -0.4 is 9.46 Å². The lowest BCUT2D eigenvalue weighted by Gasteiger charge is -2.16. The zero-order valence-electron chi connectivity index (χ0n) is 13.9. The minimum absolute atomic E-state index is 0.232. The third-order valence-corrected chi connectivity index (χ3v) is 5.08. The fraction of sp³-hybridized carbons (Fsp3) is 0.412. The fourth-order valence-corrected chi connectivity index (χ4v) is 3.99. The smallest absolute Gasteiger partial charge is 0.240 e. The van der Waals surface area contributed by atoms with E-state index in [-0.39, 0.29) is 10.9 Å². The number of aryl methyl sites for hydroxylation is 2. The quantitative estimate of drug-likeness (QED) is 0.842. The molecule has 0 bridgehead atoms. The van der Waals surface area contributed by atoms with E-state index in [1.807, 2.05) is 33.8 Å². The standard InChI is InChI=1S/C17H23NO4S/c1-5-22-17-12(2)8-16(9-13(17)3)23(19,20)18-14(4)10-15-6-7-21-11-15/h6-9,11,14,18H,5,10H2,1-4H3/t14-/m0/s1. The first-order chi connectivity index (χ1) is 10.8. The van der Waals surface area contributed by atoms with Crippen LogP contribution in [0.15, 0.2) is 40.0 Å². The molecule has 126 valence electrons. The predicted octanol–water partition coefficient (Wildman–Crippen LogP) is 3.20. The summed E-state index contributed by atoms with van der Waals surface area (Å²) in [5.74, 6) is 0.748. The maximum absolute atomic E-state index is 12.6. The van der Waals surface area contributed by atoms with Crippen LogP contribution in [0.3, 0.4) is 0 Å². The normalized spacial score (nSPS) is 13.0. The van der Waals surface area contributed by atoms with Gasteiger partial charge in [-0.1, -0.05) is 0 Å². The molecule has 23 heavy (non-hydrogen) atoms. The van der Waals surface area contributed by atoms with Gasteiger partial charge in [0, 0.05) is 6.04 Å². The minimum Gasteiger partial charge on any atom is -0.493 e. The lowest BCUT2D eigenvalue weighted by atomic mass is 10.1. The average molecular weight is 337 g/mol. The Labute approximate surface area is 137 Å². The molecular weight excluding hydrogens is 314 g/mol. The van der Waals surface area contributed by atoms with Crippen molar-refractivity contribution in [2.24, 2.45) is 0 Å². The van der Waals surface area contributed by atoms with Crippen LogP contribution in [0.2, 0.25) is 0 Å². The van der Waals surface area contributed by atoms with Gasteiger partial charge in [0.2, 0.25) is 10.0 Å². The molecule has 0 saturated carbocycles. The number of rotatable bonds is 7. The summed E-state index contributed by atoms with van der Waals surface area (Å²) in [5.41, 5.74) is 2.59. The Morgan fingerprint density at radius 3 is 2.43 bits per heavy atom. The SMILES string of the molecule is CCOc1c(C)cc(S(=O)(=O)N[C@@H](C)Cc2ccoc2)cc1C. The Bertz CT molecular complexity index is 728. The summed E-state index contributed by atoms with van der Waals surface area (Å²) in [7, 11) is -3.58. The molecule has 6 heteroatoms. The highest BCUT2D eigenvalue weighted by Crippen LogP contribution is 2.27. The maximum Gasteiger partial charge on any atom is 0.240 e. The predicted molar refractivity (Wildman–Crippen MR) is 89.3 cm³/mol. The first-order valence-electron chi connectivity index (χ1n) is 7.61. The lowest BCUT2D eigenvalue weighted by molar-refractivity contribution is 0.335. The van der Waals surface area contributed by atoms with Gasteiger partial charge in [-0.2, -0.15) is 0 Å². The molecule has 0 spiro atoms. The van der Waals surface area contributed by atoms with Crippen molar-refractivity contribution in [3.8, 4) is 5.75 Å². The second-order valence-corrected chi connectivity index (χ2v) is 7.39. The molecule has 1 aromatic heterocycles. The van der Waals surface area contributed by atoms with Crippen LogP contribution >= 0.6 is 0 Å². The van der Waals surface area contributed by atoms with Crippen LogP contribution in [0, 0.1) is 13.8 Å². The van der Waals surface area contributed by atoms with E-state index in [1.54, 1.807) is 24.7 Å². The Morgan fingerprint density at radius 2 is 1.91 bits per heavy atom. The third-order valence-electron chi connectivity index (χ3n) is 3.51. The van der Waals surface area contributed by atoms with E-state index in [0.717, 1.165) is 22.4 Å². The second-order valence-electron chi connectivity index (χ2n) is 5.68. The van der Waals surface area contributed by atoms with Crippen LogP contribution in [0.1, 0.15) is 30.5 Å². The van der Waals surface area contributed by atoms with E-state index in [1.165, 1.54) is 0 Å². The van der Waals surface area contributed by atoms with Gasteiger partial charge in [-0.25, -0.2) is 13.1 Å². The van der Waals surface area contributed by atoms with Gasteiger partial charge in [0.1, 0.15) is 5.75 Å². The topological polar surface area (TPSA) is 68.5 Å². The zero-order valence-corrected chi connectivity index (χ0v) is 14.7. The summed E-state index contributed by atoms with van der Waals surface area (Å²) in [4.78, 5) is 0.259. The molecule has 0 unspecified atom stereocenters. The van der Waals surface area contributed by atoms with Gasteiger partial charge in [-0.3, -0.25) is 0 Å². The number of ether oxygens (including phenoxy) is 1. The molecule has 2 rings (SSSR count). The van der Waals surface area contributed by atoms with Crippen molar-refractivity contribution in [1.82, 2.24) is 4.72 Å². The van der Waals surface area contributed by atoms with E-state index in [4.69, 9.17) is 9.15 Å². The Hall–Kier alpha value is -1.79. The molecule has 0 aliphatic heterocycles. The highest BCUT2D eigenvalue weighted by atomic mass is 32.2. The van der Waals surface area contributed by atoms with Gasteiger partial charge in [0.25, 0.3) is 0 Å². The van der Waals surface area contributed by atoms with Crippen molar-refractivity contribution in [2.75, 3.05) is 6.61 Å². The molecule has 1 atom stereocenters. The highest BCUT2D eigenvalue weighted by Gasteiger charge is 2.20. The molecule has 2 aromatic rings. The van der Waals surface area contributed by atoms with E-state index in [2.05, 4.69) is 4.72 Å². The molecule has 0 aliphatic rings. The molecule has 0 aliphatic carbocycles. The van der Waals surface area contributed by atoms with Gasteiger partial charge in [0.05, 0.1) is 24.0 Å². The van der Waals surface area contributed by atoms with Crippen LogP contribution in [0.4, 0.5) is 0 Å². The maximum atomic E-state index is 12.6. The Morgan fingerprint density at radius 1 is 1.26 bits per heavy atom. The lowest BCUT2D eigenvalue weighted by Crippen LogP contribution is -2.34. The van der Waals surface area contributed by atoms with Crippen LogP contribution in [-0.2, 0) is 16.4 Å². The Kier molecular flexibility index (Phi) is 5.49. The average Bonchev–Trinajstić information content (AvgIpc) is 2.94. The number of furan rings is 1.